The molecule has 2 nitrogen and oxygen atoms in total. The Labute approximate surface area is 77.2 Å². The van der Waals surface area contributed by atoms with E-state index in [9.17, 15) is 9.50 Å². The second kappa shape index (κ2) is 4.35. The van der Waals surface area contributed by atoms with Crippen LogP contribution in [0.25, 0.3) is 0 Å². The van der Waals surface area contributed by atoms with Gasteiger partial charge in [-0.25, -0.2) is 4.39 Å². The molecule has 13 heavy (non-hydrogen) atoms. The number of hydrogen-bond donors (Lipinski definition) is 2. The minimum absolute atomic E-state index is 0.382. The first-order valence-corrected chi connectivity index (χ1v) is 4.24. The summed E-state index contributed by atoms with van der Waals surface area (Å²) in [6.45, 7) is 1.12. The molecule has 0 heterocycles. The van der Waals surface area contributed by atoms with Crippen LogP contribution < -0.4 is 5.73 Å². The summed E-state index contributed by atoms with van der Waals surface area (Å²) in [6, 6.07) is 6.48. The zero-order chi connectivity index (χ0) is 9.84. The van der Waals surface area contributed by atoms with Crippen LogP contribution in [-0.4, -0.2) is 11.1 Å². The molecule has 72 valence electrons. The molecule has 2 unspecified atom stereocenters. The average Bonchev–Trinajstić information content (AvgIpc) is 2.16. The first kappa shape index (κ1) is 10.2. The van der Waals surface area contributed by atoms with Gasteiger partial charge in [0.05, 0.1) is 6.10 Å². The summed E-state index contributed by atoms with van der Waals surface area (Å²) in [5.41, 5.74) is 6.61. The summed E-state index contributed by atoms with van der Waals surface area (Å²) >= 11 is 0. The molecular weight excluding hydrogens is 169 g/mol. The van der Waals surface area contributed by atoms with Gasteiger partial charge in [0.15, 0.2) is 0 Å². The van der Waals surface area contributed by atoms with Gasteiger partial charge in [-0.2, -0.15) is 0 Å². The fourth-order valence-electron chi connectivity index (χ4n) is 1.23. The van der Waals surface area contributed by atoms with E-state index in [0.717, 1.165) is 0 Å². The molecule has 3 N–H and O–H groups in total. The highest BCUT2D eigenvalue weighted by molar-refractivity contribution is 5.29. The third kappa shape index (κ3) is 2.26. The van der Waals surface area contributed by atoms with Crippen LogP contribution in [0, 0.1) is 0 Å². The molecule has 0 amide bonds. The molecule has 0 aliphatic carbocycles. The molecule has 0 aliphatic rings. The molecule has 0 aliphatic heterocycles. The Morgan fingerprint density at radius 2 is 2.08 bits per heavy atom. The molecule has 0 aromatic heterocycles. The van der Waals surface area contributed by atoms with Gasteiger partial charge in [-0.05, 0) is 18.1 Å². The van der Waals surface area contributed by atoms with Gasteiger partial charge in [0.1, 0.15) is 6.67 Å². The minimum Gasteiger partial charge on any atom is -0.387 e. The van der Waals surface area contributed by atoms with Gasteiger partial charge in [-0.1, -0.05) is 24.3 Å². The predicted molar refractivity (Wildman–Crippen MR) is 49.9 cm³/mol. The lowest BCUT2D eigenvalue weighted by Gasteiger charge is -2.17. The van der Waals surface area contributed by atoms with E-state index in [1.807, 2.05) is 0 Å². The maximum atomic E-state index is 12.5. The van der Waals surface area contributed by atoms with Crippen LogP contribution in [-0.2, 0) is 6.67 Å². The molecule has 2 atom stereocenters. The van der Waals surface area contributed by atoms with Crippen LogP contribution in [0.3, 0.4) is 0 Å². The molecule has 0 saturated heterocycles. The standard InChI is InChI=1S/C10H14FNO/c1-7(12)10(13)9-5-3-2-4-8(9)6-11/h2-5,7,10,13H,6,12H2,1H3. The molecule has 0 spiro atoms. The Bertz CT molecular complexity index is 275. The van der Waals surface area contributed by atoms with Crippen LogP contribution in [0.15, 0.2) is 24.3 Å². The summed E-state index contributed by atoms with van der Waals surface area (Å²) in [6.07, 6.45) is -0.785. The fourth-order valence-corrected chi connectivity index (χ4v) is 1.23. The highest BCUT2D eigenvalue weighted by Crippen LogP contribution is 2.20. The molecule has 3 heteroatoms. The molecule has 0 fully saturated rings. The van der Waals surface area contributed by atoms with Crippen LogP contribution in [0.1, 0.15) is 24.2 Å². The number of halogens is 1. The van der Waals surface area contributed by atoms with Crippen LogP contribution >= 0.6 is 0 Å². The van der Waals surface area contributed by atoms with E-state index >= 15 is 0 Å². The van der Waals surface area contributed by atoms with Crippen molar-refractivity contribution < 1.29 is 9.50 Å². The number of benzene rings is 1. The Morgan fingerprint density at radius 3 is 2.62 bits per heavy atom. The first-order valence-electron chi connectivity index (χ1n) is 4.24. The molecule has 1 aromatic carbocycles. The van der Waals surface area contributed by atoms with Gasteiger partial charge < -0.3 is 10.8 Å². The van der Waals surface area contributed by atoms with Crippen LogP contribution in [0.2, 0.25) is 0 Å². The van der Waals surface area contributed by atoms with Gasteiger partial charge in [-0.3, -0.25) is 0 Å². The lowest BCUT2D eigenvalue weighted by Crippen LogP contribution is -2.25. The zero-order valence-corrected chi connectivity index (χ0v) is 7.57. The fraction of sp³-hybridized carbons (Fsp3) is 0.400. The highest BCUT2D eigenvalue weighted by Gasteiger charge is 2.15. The summed E-state index contributed by atoms with van der Waals surface area (Å²) < 4.78 is 12.5. The van der Waals surface area contributed by atoms with Crippen molar-refractivity contribution in [3.8, 4) is 0 Å². The van der Waals surface area contributed by atoms with E-state index in [4.69, 9.17) is 5.73 Å². The van der Waals surface area contributed by atoms with Gasteiger partial charge in [0.2, 0.25) is 0 Å². The summed E-state index contributed by atoms with van der Waals surface area (Å²) in [5, 5.41) is 9.62. The van der Waals surface area contributed by atoms with Gasteiger partial charge in [0, 0.05) is 6.04 Å². The summed E-state index contributed by atoms with van der Waals surface area (Å²) in [4.78, 5) is 0. The smallest absolute Gasteiger partial charge is 0.115 e. The monoisotopic (exact) mass is 183 g/mol. The van der Waals surface area contributed by atoms with E-state index < -0.39 is 12.8 Å². The van der Waals surface area contributed by atoms with E-state index in [1.165, 1.54) is 0 Å². The lowest BCUT2D eigenvalue weighted by molar-refractivity contribution is 0.151. The second-order valence-corrected chi connectivity index (χ2v) is 3.14. The van der Waals surface area contributed by atoms with Crippen molar-refractivity contribution in [3.63, 3.8) is 0 Å². The van der Waals surface area contributed by atoms with Crippen molar-refractivity contribution >= 4 is 0 Å². The number of rotatable bonds is 3. The quantitative estimate of drug-likeness (QED) is 0.746. The van der Waals surface area contributed by atoms with Gasteiger partial charge in [0.25, 0.3) is 0 Å². The minimum atomic E-state index is -0.785. The van der Waals surface area contributed by atoms with Crippen LogP contribution in [0.4, 0.5) is 4.39 Å². The average molecular weight is 183 g/mol. The normalized spacial score (nSPS) is 15.4. The maximum absolute atomic E-state index is 12.5. The highest BCUT2D eigenvalue weighted by atomic mass is 19.1. The van der Waals surface area contributed by atoms with Gasteiger partial charge >= 0.3 is 0 Å². The SMILES string of the molecule is CC(N)C(O)c1ccccc1CF. The Balaban J connectivity index is 2.98. The van der Waals surface area contributed by atoms with Gasteiger partial charge in [-0.15, -0.1) is 0 Å². The Morgan fingerprint density at radius 1 is 1.46 bits per heavy atom. The van der Waals surface area contributed by atoms with E-state index in [-0.39, 0.29) is 6.04 Å². The number of hydrogen-bond acceptors (Lipinski definition) is 2. The van der Waals surface area contributed by atoms with Crippen molar-refractivity contribution in [2.75, 3.05) is 0 Å². The molecule has 0 bridgehead atoms. The van der Waals surface area contributed by atoms with E-state index in [1.54, 1.807) is 31.2 Å². The predicted octanol–water partition coefficient (Wildman–Crippen LogP) is 1.54. The Hall–Kier alpha value is -0.930. The van der Waals surface area contributed by atoms with Crippen molar-refractivity contribution in [3.05, 3.63) is 35.4 Å². The third-order valence-corrected chi connectivity index (χ3v) is 2.02. The topological polar surface area (TPSA) is 46.2 Å². The maximum Gasteiger partial charge on any atom is 0.115 e. The van der Waals surface area contributed by atoms with Crippen molar-refractivity contribution in [1.29, 1.82) is 0 Å². The van der Waals surface area contributed by atoms with Crippen molar-refractivity contribution in [2.45, 2.75) is 25.7 Å². The number of aliphatic hydroxyl groups is 1. The van der Waals surface area contributed by atoms with E-state index in [0.29, 0.717) is 11.1 Å². The Kier molecular flexibility index (Phi) is 3.39. The number of aliphatic hydroxyl groups excluding tert-OH is 1. The largest absolute Gasteiger partial charge is 0.387 e. The second-order valence-electron chi connectivity index (χ2n) is 3.14. The number of nitrogens with two attached hydrogens (primary N) is 1. The van der Waals surface area contributed by atoms with Crippen LogP contribution in [0.5, 0.6) is 0 Å². The first-order chi connectivity index (χ1) is 6.16. The molecule has 1 rings (SSSR count). The number of alkyl halides is 1. The van der Waals surface area contributed by atoms with Crippen molar-refractivity contribution in [1.82, 2.24) is 0 Å². The molecule has 0 radical (unpaired) electrons. The van der Waals surface area contributed by atoms with E-state index in [2.05, 4.69) is 0 Å². The summed E-state index contributed by atoms with van der Waals surface area (Å²) in [7, 11) is 0. The molecule has 0 saturated carbocycles. The molecular formula is C10H14FNO. The lowest BCUT2D eigenvalue weighted by atomic mass is 9.99. The zero-order valence-electron chi connectivity index (χ0n) is 7.57. The summed E-state index contributed by atoms with van der Waals surface area (Å²) in [5.74, 6) is 0. The van der Waals surface area contributed by atoms with Crippen molar-refractivity contribution in [2.24, 2.45) is 5.73 Å². The molecule has 1 aromatic rings. The third-order valence-electron chi connectivity index (χ3n) is 2.02.